The first-order valence-electron chi connectivity index (χ1n) is 6.71. The summed E-state index contributed by atoms with van der Waals surface area (Å²) in [4.78, 5) is 14.3. The summed E-state index contributed by atoms with van der Waals surface area (Å²) >= 11 is 1.68. The van der Waals surface area contributed by atoms with Gasteiger partial charge in [-0.2, -0.15) is 0 Å². The van der Waals surface area contributed by atoms with Crippen LogP contribution in [-0.2, 0) is 12.8 Å². The summed E-state index contributed by atoms with van der Waals surface area (Å²) in [5.41, 5.74) is 1.40. The van der Waals surface area contributed by atoms with Crippen LogP contribution >= 0.6 is 11.3 Å². The Morgan fingerprint density at radius 3 is 3.22 bits per heavy atom. The molecule has 1 atom stereocenters. The highest BCUT2D eigenvalue weighted by molar-refractivity contribution is 7.14. The molecule has 0 saturated carbocycles. The Morgan fingerprint density at radius 1 is 1.61 bits per heavy atom. The van der Waals surface area contributed by atoms with Gasteiger partial charge in [0.25, 0.3) is 5.91 Å². The monoisotopic (exact) mass is 263 g/mol. The van der Waals surface area contributed by atoms with Crippen LogP contribution in [0.5, 0.6) is 0 Å². The van der Waals surface area contributed by atoms with E-state index in [1.807, 2.05) is 13.0 Å². The van der Waals surface area contributed by atoms with Crippen LogP contribution in [0.3, 0.4) is 0 Å². The molecule has 1 aliphatic rings. The molecular weight excluding hydrogens is 242 g/mol. The maximum absolute atomic E-state index is 12.0. The molecule has 1 N–H and O–H groups in total. The second kappa shape index (κ2) is 6.19. The molecule has 18 heavy (non-hydrogen) atoms. The molecule has 0 radical (unpaired) electrons. The first-order chi connectivity index (χ1) is 8.70. The predicted octanol–water partition coefficient (Wildman–Crippen LogP) is 3.57. The van der Waals surface area contributed by atoms with E-state index < -0.39 is 0 Å². The average Bonchev–Trinajstić information content (AvgIpc) is 2.77. The van der Waals surface area contributed by atoms with E-state index in [0.717, 1.165) is 36.6 Å². The third-order valence-corrected chi connectivity index (χ3v) is 4.62. The normalized spacial score (nSPS) is 18.9. The third-order valence-electron chi connectivity index (χ3n) is 3.39. The lowest BCUT2D eigenvalue weighted by Gasteiger charge is -2.16. The maximum atomic E-state index is 12.0. The molecule has 98 valence electrons. The standard InChI is InChI=1S/C15H21NOS/c1-3-4-5-8-16-15(17)14-10-12-9-11(2)6-7-13(12)18-14/h3-4,10-11H,5-9H2,1-2H3,(H,16,17)/b4-3+. The summed E-state index contributed by atoms with van der Waals surface area (Å²) in [6.45, 7) is 5.01. The van der Waals surface area contributed by atoms with Crippen molar-refractivity contribution in [2.75, 3.05) is 6.54 Å². The Morgan fingerprint density at radius 2 is 2.44 bits per heavy atom. The van der Waals surface area contributed by atoms with Crippen molar-refractivity contribution in [1.82, 2.24) is 5.32 Å². The van der Waals surface area contributed by atoms with Crippen molar-refractivity contribution in [1.29, 1.82) is 0 Å². The number of carbonyl (C=O) groups excluding carboxylic acids is 1. The second-order valence-electron chi connectivity index (χ2n) is 5.02. The zero-order valence-electron chi connectivity index (χ0n) is 11.2. The van der Waals surface area contributed by atoms with Crippen LogP contribution in [-0.4, -0.2) is 12.5 Å². The number of amides is 1. The van der Waals surface area contributed by atoms with E-state index in [9.17, 15) is 4.79 Å². The van der Waals surface area contributed by atoms with Crippen LogP contribution in [0.4, 0.5) is 0 Å². The van der Waals surface area contributed by atoms with E-state index in [-0.39, 0.29) is 5.91 Å². The number of hydrogen-bond acceptors (Lipinski definition) is 2. The lowest BCUT2D eigenvalue weighted by molar-refractivity contribution is 0.0958. The minimum Gasteiger partial charge on any atom is -0.351 e. The summed E-state index contributed by atoms with van der Waals surface area (Å²) in [5, 5.41) is 2.97. The molecule has 0 saturated heterocycles. The van der Waals surface area contributed by atoms with Crippen molar-refractivity contribution >= 4 is 17.2 Å². The highest BCUT2D eigenvalue weighted by Gasteiger charge is 2.20. The molecular formula is C15H21NOS. The lowest BCUT2D eigenvalue weighted by Crippen LogP contribution is -2.23. The van der Waals surface area contributed by atoms with E-state index >= 15 is 0 Å². The molecule has 3 heteroatoms. The molecule has 0 spiro atoms. The fraction of sp³-hybridized carbons (Fsp3) is 0.533. The van der Waals surface area contributed by atoms with Gasteiger partial charge in [-0.05, 0) is 50.2 Å². The highest BCUT2D eigenvalue weighted by Crippen LogP contribution is 2.32. The average molecular weight is 263 g/mol. The van der Waals surface area contributed by atoms with E-state index in [1.54, 1.807) is 11.3 Å². The first-order valence-corrected chi connectivity index (χ1v) is 7.53. The molecule has 1 unspecified atom stereocenters. The maximum Gasteiger partial charge on any atom is 0.261 e. The fourth-order valence-corrected chi connectivity index (χ4v) is 3.47. The van der Waals surface area contributed by atoms with Crippen molar-refractivity contribution in [2.24, 2.45) is 5.92 Å². The van der Waals surface area contributed by atoms with Crippen LogP contribution in [0.25, 0.3) is 0 Å². The van der Waals surface area contributed by atoms with Gasteiger partial charge in [-0.3, -0.25) is 4.79 Å². The quantitative estimate of drug-likeness (QED) is 0.653. The topological polar surface area (TPSA) is 29.1 Å². The van der Waals surface area contributed by atoms with Gasteiger partial charge < -0.3 is 5.32 Å². The van der Waals surface area contributed by atoms with Gasteiger partial charge in [0.1, 0.15) is 0 Å². The summed E-state index contributed by atoms with van der Waals surface area (Å²) in [7, 11) is 0. The molecule has 0 fully saturated rings. The van der Waals surface area contributed by atoms with Gasteiger partial charge >= 0.3 is 0 Å². The summed E-state index contributed by atoms with van der Waals surface area (Å²) < 4.78 is 0. The molecule has 1 heterocycles. The van der Waals surface area contributed by atoms with Crippen molar-refractivity contribution in [3.05, 3.63) is 33.5 Å². The lowest BCUT2D eigenvalue weighted by atomic mass is 9.90. The van der Waals surface area contributed by atoms with Crippen molar-refractivity contribution < 1.29 is 4.79 Å². The summed E-state index contributed by atoms with van der Waals surface area (Å²) in [5.74, 6) is 0.851. The number of fused-ring (bicyclic) bond motifs is 1. The number of thiophene rings is 1. The minimum atomic E-state index is 0.0894. The molecule has 0 aliphatic heterocycles. The van der Waals surface area contributed by atoms with Crippen molar-refractivity contribution in [2.45, 2.75) is 39.5 Å². The number of allylic oxidation sites excluding steroid dienone is 1. The van der Waals surface area contributed by atoms with Crippen LogP contribution in [0.15, 0.2) is 18.2 Å². The zero-order valence-corrected chi connectivity index (χ0v) is 12.0. The number of carbonyl (C=O) groups is 1. The van der Waals surface area contributed by atoms with Gasteiger partial charge in [-0.15, -0.1) is 11.3 Å². The first kappa shape index (κ1) is 13.3. The minimum absolute atomic E-state index is 0.0894. The van der Waals surface area contributed by atoms with E-state index in [1.165, 1.54) is 16.9 Å². The summed E-state index contributed by atoms with van der Waals surface area (Å²) in [6.07, 6.45) is 8.53. The zero-order chi connectivity index (χ0) is 13.0. The SMILES string of the molecule is C/C=C/CCNC(=O)c1cc2c(s1)CCC(C)C2. The predicted molar refractivity (Wildman–Crippen MR) is 77.3 cm³/mol. The number of hydrogen-bond donors (Lipinski definition) is 1. The van der Waals surface area contributed by atoms with Gasteiger partial charge in [0.15, 0.2) is 0 Å². The van der Waals surface area contributed by atoms with Crippen LogP contribution in [0.2, 0.25) is 0 Å². The van der Waals surface area contributed by atoms with Gasteiger partial charge in [0.2, 0.25) is 0 Å². The van der Waals surface area contributed by atoms with Gasteiger partial charge in [0, 0.05) is 11.4 Å². The van der Waals surface area contributed by atoms with Crippen LogP contribution < -0.4 is 5.32 Å². The highest BCUT2D eigenvalue weighted by atomic mass is 32.1. The number of rotatable bonds is 4. The Balaban J connectivity index is 1.95. The molecule has 0 aromatic carbocycles. The third kappa shape index (κ3) is 3.22. The molecule has 1 aromatic rings. The van der Waals surface area contributed by atoms with Crippen LogP contribution in [0.1, 0.15) is 46.8 Å². The van der Waals surface area contributed by atoms with Crippen molar-refractivity contribution in [3.63, 3.8) is 0 Å². The molecule has 2 rings (SSSR count). The van der Waals surface area contributed by atoms with Crippen molar-refractivity contribution in [3.8, 4) is 0 Å². The Labute approximate surface area is 113 Å². The van der Waals surface area contributed by atoms with E-state index in [0.29, 0.717) is 0 Å². The van der Waals surface area contributed by atoms with Crippen LogP contribution in [0, 0.1) is 5.92 Å². The Kier molecular flexibility index (Phi) is 4.59. The van der Waals surface area contributed by atoms with E-state index in [2.05, 4.69) is 24.4 Å². The number of nitrogens with one attached hydrogen (secondary N) is 1. The molecule has 2 nitrogen and oxygen atoms in total. The Hall–Kier alpha value is -1.09. The molecule has 1 amide bonds. The van der Waals surface area contributed by atoms with Gasteiger partial charge in [0.05, 0.1) is 4.88 Å². The Bertz CT molecular complexity index is 447. The largest absolute Gasteiger partial charge is 0.351 e. The van der Waals surface area contributed by atoms with Gasteiger partial charge in [-0.25, -0.2) is 0 Å². The number of aryl methyl sites for hydroxylation is 1. The van der Waals surface area contributed by atoms with Gasteiger partial charge in [-0.1, -0.05) is 19.1 Å². The van der Waals surface area contributed by atoms with E-state index in [4.69, 9.17) is 0 Å². The molecule has 1 aliphatic carbocycles. The molecule has 1 aromatic heterocycles. The second-order valence-corrected chi connectivity index (χ2v) is 6.16. The fourth-order valence-electron chi connectivity index (χ4n) is 2.34. The molecule has 0 bridgehead atoms. The smallest absolute Gasteiger partial charge is 0.261 e. The summed E-state index contributed by atoms with van der Waals surface area (Å²) in [6, 6.07) is 2.10.